The van der Waals surface area contributed by atoms with Crippen molar-refractivity contribution in [2.75, 3.05) is 20.2 Å². The summed E-state index contributed by atoms with van der Waals surface area (Å²) >= 11 is 1.52. The smallest absolute Gasteiger partial charge is 0.308 e. The third-order valence-electron chi connectivity index (χ3n) is 4.27. The SMILES string of the molecule is COC(=O)C1CCN(C(=O)c2cccc(OCc3cscn3)c2)CC1. The molecule has 1 aromatic heterocycles. The van der Waals surface area contributed by atoms with E-state index in [1.165, 1.54) is 18.4 Å². The van der Waals surface area contributed by atoms with Gasteiger partial charge in [-0.25, -0.2) is 4.98 Å². The Kier molecular flexibility index (Phi) is 5.65. The third-order valence-corrected chi connectivity index (χ3v) is 4.90. The molecule has 1 aliphatic heterocycles. The number of hydrogen-bond acceptors (Lipinski definition) is 6. The van der Waals surface area contributed by atoms with E-state index >= 15 is 0 Å². The van der Waals surface area contributed by atoms with Gasteiger partial charge in [0.1, 0.15) is 12.4 Å². The average Bonchev–Trinajstić information content (AvgIpc) is 3.19. The van der Waals surface area contributed by atoms with Crippen molar-refractivity contribution < 1.29 is 19.1 Å². The quantitative estimate of drug-likeness (QED) is 0.767. The Labute approximate surface area is 150 Å². The highest BCUT2D eigenvalue weighted by molar-refractivity contribution is 7.07. The molecule has 6 nitrogen and oxygen atoms in total. The summed E-state index contributed by atoms with van der Waals surface area (Å²) < 4.78 is 10.5. The molecular weight excluding hydrogens is 340 g/mol. The lowest BCUT2D eigenvalue weighted by molar-refractivity contribution is -0.146. The Hall–Kier alpha value is -2.41. The minimum atomic E-state index is -0.190. The van der Waals surface area contributed by atoms with Crippen molar-refractivity contribution in [2.45, 2.75) is 19.4 Å². The summed E-state index contributed by atoms with van der Waals surface area (Å²) in [5.41, 5.74) is 3.22. The van der Waals surface area contributed by atoms with Gasteiger partial charge in [-0.15, -0.1) is 11.3 Å². The van der Waals surface area contributed by atoms with E-state index in [1.54, 1.807) is 22.5 Å². The van der Waals surface area contributed by atoms with E-state index < -0.39 is 0 Å². The zero-order valence-corrected chi connectivity index (χ0v) is 14.8. The van der Waals surface area contributed by atoms with Crippen LogP contribution in [-0.4, -0.2) is 42.0 Å². The molecule has 0 atom stereocenters. The fourth-order valence-electron chi connectivity index (χ4n) is 2.85. The van der Waals surface area contributed by atoms with Gasteiger partial charge in [0.05, 0.1) is 24.2 Å². The van der Waals surface area contributed by atoms with Crippen LogP contribution in [0.1, 0.15) is 28.9 Å². The molecule has 2 heterocycles. The van der Waals surface area contributed by atoms with E-state index in [4.69, 9.17) is 9.47 Å². The number of carbonyl (C=O) groups excluding carboxylic acids is 2. The minimum Gasteiger partial charge on any atom is -0.487 e. The van der Waals surface area contributed by atoms with Crippen molar-refractivity contribution in [3.8, 4) is 5.75 Å². The normalized spacial score (nSPS) is 15.0. The predicted octanol–water partition coefficient (Wildman–Crippen LogP) is 2.75. The maximum atomic E-state index is 12.7. The minimum absolute atomic E-state index is 0.0394. The van der Waals surface area contributed by atoms with Crippen LogP contribution in [0, 0.1) is 5.92 Å². The lowest BCUT2D eigenvalue weighted by Gasteiger charge is -2.30. The number of benzene rings is 1. The monoisotopic (exact) mass is 360 g/mol. The molecule has 0 unspecified atom stereocenters. The van der Waals surface area contributed by atoms with Gasteiger partial charge in [0.15, 0.2) is 0 Å². The number of nitrogens with zero attached hydrogens (tertiary/aromatic N) is 2. The van der Waals surface area contributed by atoms with Crippen molar-refractivity contribution in [3.63, 3.8) is 0 Å². The lowest BCUT2D eigenvalue weighted by Crippen LogP contribution is -2.40. The Bertz CT molecular complexity index is 724. The van der Waals surface area contributed by atoms with Crippen LogP contribution in [0.4, 0.5) is 0 Å². The second-order valence-electron chi connectivity index (χ2n) is 5.89. The van der Waals surface area contributed by atoms with Crippen LogP contribution >= 0.6 is 11.3 Å². The van der Waals surface area contributed by atoms with E-state index in [0.29, 0.717) is 43.9 Å². The van der Waals surface area contributed by atoms with Crippen molar-refractivity contribution in [2.24, 2.45) is 5.92 Å². The zero-order chi connectivity index (χ0) is 17.6. The number of amides is 1. The molecule has 132 valence electrons. The van der Waals surface area contributed by atoms with Crippen molar-refractivity contribution >= 4 is 23.2 Å². The van der Waals surface area contributed by atoms with Gasteiger partial charge in [-0.05, 0) is 31.0 Å². The topological polar surface area (TPSA) is 68.7 Å². The summed E-state index contributed by atoms with van der Waals surface area (Å²) in [5.74, 6) is 0.303. The molecule has 0 aliphatic carbocycles. The standard InChI is InChI=1S/C18H20N2O4S/c1-23-18(22)13-5-7-20(8-6-13)17(21)14-3-2-4-16(9-14)24-10-15-11-25-12-19-15/h2-4,9,11-13H,5-8,10H2,1H3. The zero-order valence-electron chi connectivity index (χ0n) is 14.0. The van der Waals surface area contributed by atoms with Crippen molar-refractivity contribution in [1.82, 2.24) is 9.88 Å². The number of likely N-dealkylation sites (tertiary alicyclic amines) is 1. The molecule has 1 aromatic carbocycles. The second-order valence-corrected chi connectivity index (χ2v) is 6.60. The molecule has 25 heavy (non-hydrogen) atoms. The number of rotatable bonds is 5. The summed E-state index contributed by atoms with van der Waals surface area (Å²) in [6, 6.07) is 7.17. The fourth-order valence-corrected chi connectivity index (χ4v) is 3.40. The summed E-state index contributed by atoms with van der Waals surface area (Å²) in [7, 11) is 1.40. The van der Waals surface area contributed by atoms with Crippen LogP contribution in [0.5, 0.6) is 5.75 Å². The highest BCUT2D eigenvalue weighted by Crippen LogP contribution is 2.22. The van der Waals surface area contributed by atoms with Gasteiger partial charge in [-0.3, -0.25) is 9.59 Å². The Balaban J connectivity index is 1.59. The van der Waals surface area contributed by atoms with Crippen LogP contribution < -0.4 is 4.74 Å². The van der Waals surface area contributed by atoms with Gasteiger partial charge in [0, 0.05) is 24.0 Å². The van der Waals surface area contributed by atoms with Gasteiger partial charge in [-0.2, -0.15) is 0 Å². The molecule has 1 saturated heterocycles. The van der Waals surface area contributed by atoms with Crippen molar-refractivity contribution in [3.05, 3.63) is 46.4 Å². The van der Waals surface area contributed by atoms with E-state index in [9.17, 15) is 9.59 Å². The van der Waals surface area contributed by atoms with Crippen LogP contribution in [0.3, 0.4) is 0 Å². The first-order valence-corrected chi connectivity index (χ1v) is 9.08. The first-order chi connectivity index (χ1) is 12.2. The number of thiazole rings is 1. The van der Waals surface area contributed by atoms with E-state index in [-0.39, 0.29) is 17.8 Å². The molecule has 0 radical (unpaired) electrons. The van der Waals surface area contributed by atoms with Gasteiger partial charge < -0.3 is 14.4 Å². The average molecular weight is 360 g/mol. The maximum Gasteiger partial charge on any atom is 0.308 e. The Morgan fingerprint density at radius 2 is 2.12 bits per heavy atom. The molecule has 0 bridgehead atoms. The second kappa shape index (κ2) is 8.11. The first-order valence-electron chi connectivity index (χ1n) is 8.14. The number of methoxy groups -OCH3 is 1. The molecular formula is C18H20N2O4S. The summed E-state index contributed by atoms with van der Waals surface area (Å²) in [4.78, 5) is 30.2. The number of hydrogen-bond donors (Lipinski definition) is 0. The Morgan fingerprint density at radius 3 is 2.80 bits per heavy atom. The summed E-state index contributed by atoms with van der Waals surface area (Å²) in [6.45, 7) is 1.50. The van der Waals surface area contributed by atoms with Crippen molar-refractivity contribution in [1.29, 1.82) is 0 Å². The highest BCUT2D eigenvalue weighted by atomic mass is 32.1. The van der Waals surface area contributed by atoms with E-state index in [0.717, 1.165) is 5.69 Å². The molecule has 1 amide bonds. The van der Waals surface area contributed by atoms with Gasteiger partial charge >= 0.3 is 5.97 Å². The number of piperidine rings is 1. The molecule has 0 N–H and O–H groups in total. The first kappa shape index (κ1) is 17.4. The largest absolute Gasteiger partial charge is 0.487 e. The number of aromatic nitrogens is 1. The van der Waals surface area contributed by atoms with Crippen LogP contribution in [0.15, 0.2) is 35.2 Å². The van der Waals surface area contributed by atoms with Gasteiger partial charge in [-0.1, -0.05) is 6.07 Å². The van der Waals surface area contributed by atoms with Crippen LogP contribution in [-0.2, 0) is 16.1 Å². The fraction of sp³-hybridized carbons (Fsp3) is 0.389. The molecule has 0 saturated carbocycles. The molecule has 7 heteroatoms. The summed E-state index contributed by atoms with van der Waals surface area (Å²) in [6.07, 6.45) is 1.27. The predicted molar refractivity (Wildman–Crippen MR) is 93.5 cm³/mol. The maximum absolute atomic E-state index is 12.7. The van der Waals surface area contributed by atoms with E-state index in [2.05, 4.69) is 4.98 Å². The molecule has 1 fully saturated rings. The van der Waals surface area contributed by atoms with Gasteiger partial charge in [0.25, 0.3) is 5.91 Å². The molecule has 3 rings (SSSR count). The third kappa shape index (κ3) is 4.36. The molecule has 0 spiro atoms. The number of carbonyl (C=O) groups is 2. The number of ether oxygens (including phenoxy) is 2. The van der Waals surface area contributed by atoms with Crippen LogP contribution in [0.2, 0.25) is 0 Å². The van der Waals surface area contributed by atoms with Crippen LogP contribution in [0.25, 0.3) is 0 Å². The van der Waals surface area contributed by atoms with Gasteiger partial charge in [0.2, 0.25) is 0 Å². The molecule has 1 aliphatic rings. The molecule has 2 aromatic rings. The number of esters is 1. The Morgan fingerprint density at radius 1 is 1.32 bits per heavy atom. The lowest BCUT2D eigenvalue weighted by atomic mass is 9.96. The van der Waals surface area contributed by atoms with E-state index in [1.807, 2.05) is 17.5 Å². The highest BCUT2D eigenvalue weighted by Gasteiger charge is 2.28. The summed E-state index contributed by atoms with van der Waals surface area (Å²) in [5, 5.41) is 1.93.